The molecule has 2 aromatic heterocycles. The topological polar surface area (TPSA) is 66.5 Å². The van der Waals surface area contributed by atoms with Crippen molar-refractivity contribution in [1.82, 2.24) is 9.55 Å². The van der Waals surface area contributed by atoms with Crippen molar-refractivity contribution in [2.75, 3.05) is 0 Å². The van der Waals surface area contributed by atoms with Crippen molar-refractivity contribution < 1.29 is 13.7 Å². The number of aryl methyl sites for hydroxylation is 2. The molecule has 3 heterocycles. The summed E-state index contributed by atoms with van der Waals surface area (Å²) in [6, 6.07) is 1.81. The molecule has 0 saturated carbocycles. The molecule has 1 saturated heterocycles. The van der Waals surface area contributed by atoms with Crippen LogP contribution in [0.15, 0.2) is 15.3 Å². The van der Waals surface area contributed by atoms with E-state index >= 15 is 0 Å². The van der Waals surface area contributed by atoms with Crippen LogP contribution in [-0.4, -0.2) is 27.9 Å². The van der Waals surface area contributed by atoms with Crippen LogP contribution in [0.5, 0.6) is 0 Å². The molecule has 0 N–H and O–H groups in total. The lowest BCUT2D eigenvalue weighted by atomic mass is 9.77. The SMILES string of the molecule is CCc1nc2c(cc1B1OC(C)(C)C(C)(C)O1)oc(=O)n2C. The maximum atomic E-state index is 11.7. The summed E-state index contributed by atoms with van der Waals surface area (Å²) in [5, 5.41) is 0. The van der Waals surface area contributed by atoms with E-state index in [0.717, 1.165) is 11.2 Å². The van der Waals surface area contributed by atoms with Crippen molar-refractivity contribution in [3.05, 3.63) is 22.3 Å². The molecule has 7 heteroatoms. The zero-order valence-electron chi connectivity index (χ0n) is 13.9. The van der Waals surface area contributed by atoms with Crippen molar-refractivity contribution in [2.45, 2.75) is 52.2 Å². The van der Waals surface area contributed by atoms with Crippen LogP contribution in [0.3, 0.4) is 0 Å². The number of hydrogen-bond acceptors (Lipinski definition) is 5. The van der Waals surface area contributed by atoms with Crippen LogP contribution in [0.25, 0.3) is 11.2 Å². The molecule has 0 aromatic carbocycles. The lowest BCUT2D eigenvalue weighted by Crippen LogP contribution is -2.41. The normalized spacial score (nSPS) is 20.0. The van der Waals surface area contributed by atoms with Gasteiger partial charge in [-0.3, -0.25) is 4.57 Å². The number of pyridine rings is 1. The maximum Gasteiger partial charge on any atom is 0.496 e. The van der Waals surface area contributed by atoms with Crippen LogP contribution in [-0.2, 0) is 22.8 Å². The lowest BCUT2D eigenvalue weighted by Gasteiger charge is -2.32. The Balaban J connectivity index is 2.13. The van der Waals surface area contributed by atoms with Gasteiger partial charge in [-0.2, -0.15) is 0 Å². The van der Waals surface area contributed by atoms with E-state index in [2.05, 4.69) is 4.98 Å². The first-order valence-electron chi connectivity index (χ1n) is 7.51. The van der Waals surface area contributed by atoms with Crippen molar-refractivity contribution in [2.24, 2.45) is 7.05 Å². The highest BCUT2D eigenvalue weighted by Crippen LogP contribution is 2.36. The maximum absolute atomic E-state index is 11.7. The van der Waals surface area contributed by atoms with Gasteiger partial charge in [-0.25, -0.2) is 9.78 Å². The van der Waals surface area contributed by atoms with Gasteiger partial charge in [-0.1, -0.05) is 6.92 Å². The molecule has 0 amide bonds. The molecule has 6 nitrogen and oxygen atoms in total. The number of nitrogens with zero attached hydrogens (tertiary/aromatic N) is 2. The van der Waals surface area contributed by atoms with E-state index in [1.807, 2.05) is 40.7 Å². The fraction of sp³-hybridized carbons (Fsp3) is 0.600. The quantitative estimate of drug-likeness (QED) is 0.784. The minimum absolute atomic E-state index is 0.421. The Morgan fingerprint density at radius 1 is 1.23 bits per heavy atom. The molecule has 3 rings (SSSR count). The van der Waals surface area contributed by atoms with E-state index in [0.29, 0.717) is 17.7 Å². The Labute approximate surface area is 129 Å². The summed E-state index contributed by atoms with van der Waals surface area (Å²) >= 11 is 0. The van der Waals surface area contributed by atoms with Crippen LogP contribution in [0, 0.1) is 0 Å². The van der Waals surface area contributed by atoms with Crippen molar-refractivity contribution >= 4 is 23.8 Å². The van der Waals surface area contributed by atoms with E-state index in [1.54, 1.807) is 7.05 Å². The first-order valence-corrected chi connectivity index (χ1v) is 7.51. The zero-order valence-corrected chi connectivity index (χ0v) is 13.9. The Bertz CT molecular complexity index is 775. The van der Waals surface area contributed by atoms with Crippen molar-refractivity contribution in [1.29, 1.82) is 0 Å². The van der Waals surface area contributed by atoms with Crippen LogP contribution < -0.4 is 11.2 Å². The Kier molecular flexibility index (Phi) is 3.27. The van der Waals surface area contributed by atoms with E-state index < -0.39 is 24.1 Å². The molecule has 1 aliphatic heterocycles. The highest BCUT2D eigenvalue weighted by molar-refractivity contribution is 6.62. The third-order valence-electron chi connectivity index (χ3n) is 4.71. The van der Waals surface area contributed by atoms with Gasteiger partial charge in [0.15, 0.2) is 11.2 Å². The molecule has 0 aliphatic carbocycles. The molecule has 0 radical (unpaired) electrons. The van der Waals surface area contributed by atoms with E-state index in [9.17, 15) is 4.79 Å². The first-order chi connectivity index (χ1) is 10.2. The molecule has 1 aliphatic rings. The number of fused-ring (bicyclic) bond motifs is 1. The average Bonchev–Trinajstić information content (AvgIpc) is 2.82. The first kappa shape index (κ1) is 15.3. The second kappa shape index (κ2) is 4.70. The largest absolute Gasteiger partial charge is 0.496 e. The smallest absolute Gasteiger partial charge is 0.406 e. The molecule has 2 aromatic rings. The highest BCUT2D eigenvalue weighted by atomic mass is 16.7. The van der Waals surface area contributed by atoms with Crippen LogP contribution in [0.1, 0.15) is 40.3 Å². The molecule has 1 fully saturated rings. The molecule has 0 unspecified atom stereocenters. The van der Waals surface area contributed by atoms with E-state index in [1.165, 1.54) is 4.57 Å². The summed E-state index contributed by atoms with van der Waals surface area (Å²) < 4.78 is 18.8. The Hall–Kier alpha value is -1.60. The van der Waals surface area contributed by atoms with Crippen molar-refractivity contribution in [3.63, 3.8) is 0 Å². The summed E-state index contributed by atoms with van der Waals surface area (Å²) in [5.74, 6) is -0.421. The monoisotopic (exact) mass is 304 g/mol. The summed E-state index contributed by atoms with van der Waals surface area (Å²) in [6.07, 6.45) is 0.717. The van der Waals surface area contributed by atoms with Crippen LogP contribution in [0.2, 0.25) is 0 Å². The third kappa shape index (κ3) is 2.11. The second-order valence-electron chi connectivity index (χ2n) is 6.71. The fourth-order valence-electron chi connectivity index (χ4n) is 2.56. The summed E-state index contributed by atoms with van der Waals surface area (Å²) in [4.78, 5) is 16.2. The minimum atomic E-state index is -0.512. The summed E-state index contributed by atoms with van der Waals surface area (Å²) in [6.45, 7) is 10.0. The average molecular weight is 304 g/mol. The lowest BCUT2D eigenvalue weighted by molar-refractivity contribution is 0.00578. The predicted octanol–water partition coefficient (Wildman–Crippen LogP) is 1.39. The number of rotatable bonds is 2. The van der Waals surface area contributed by atoms with Gasteiger partial charge in [-0.15, -0.1) is 0 Å². The predicted molar refractivity (Wildman–Crippen MR) is 84.3 cm³/mol. The van der Waals surface area contributed by atoms with Crippen LogP contribution >= 0.6 is 0 Å². The summed E-state index contributed by atoms with van der Waals surface area (Å²) in [7, 11) is 1.14. The molecule has 22 heavy (non-hydrogen) atoms. The zero-order chi connectivity index (χ0) is 16.3. The van der Waals surface area contributed by atoms with E-state index in [4.69, 9.17) is 13.7 Å². The van der Waals surface area contributed by atoms with Gasteiger partial charge in [0.1, 0.15) is 0 Å². The summed E-state index contributed by atoms with van der Waals surface area (Å²) in [5.41, 5.74) is 1.83. The van der Waals surface area contributed by atoms with Gasteiger partial charge in [0.2, 0.25) is 0 Å². The third-order valence-corrected chi connectivity index (χ3v) is 4.71. The number of hydrogen-bond donors (Lipinski definition) is 0. The minimum Gasteiger partial charge on any atom is -0.406 e. The van der Waals surface area contributed by atoms with Crippen molar-refractivity contribution in [3.8, 4) is 0 Å². The molecule has 0 atom stereocenters. The fourth-order valence-corrected chi connectivity index (χ4v) is 2.56. The van der Waals surface area contributed by atoms with Gasteiger partial charge in [0, 0.05) is 18.2 Å². The molecular formula is C15H21BN2O4. The Morgan fingerprint density at radius 2 is 1.82 bits per heavy atom. The second-order valence-corrected chi connectivity index (χ2v) is 6.71. The van der Waals surface area contributed by atoms with Gasteiger partial charge in [0.05, 0.1) is 11.2 Å². The molecule has 0 bridgehead atoms. The molecule has 118 valence electrons. The van der Waals surface area contributed by atoms with Gasteiger partial charge >= 0.3 is 12.9 Å². The number of aromatic nitrogens is 2. The Morgan fingerprint density at radius 3 is 2.36 bits per heavy atom. The van der Waals surface area contributed by atoms with Gasteiger partial charge in [-0.05, 0) is 40.2 Å². The van der Waals surface area contributed by atoms with Crippen LogP contribution in [0.4, 0.5) is 0 Å². The molecule has 0 spiro atoms. The van der Waals surface area contributed by atoms with Gasteiger partial charge in [0.25, 0.3) is 0 Å². The molecular weight excluding hydrogens is 283 g/mol. The van der Waals surface area contributed by atoms with Gasteiger partial charge < -0.3 is 13.7 Å². The number of oxazole rings is 1. The standard InChI is InChI=1S/C15H21BN2O4/c1-7-10-9(16-21-14(2,3)15(4,5)22-16)8-11-12(17-10)18(6)13(19)20-11/h8H,7H2,1-6H3. The van der Waals surface area contributed by atoms with E-state index in [-0.39, 0.29) is 0 Å². The highest BCUT2D eigenvalue weighted by Gasteiger charge is 2.52.